The molecule has 1 saturated heterocycles. The minimum Gasteiger partial charge on any atom is -0.324 e. The lowest BCUT2D eigenvalue weighted by Gasteiger charge is -2.35. The molecule has 1 fully saturated rings. The predicted octanol–water partition coefficient (Wildman–Crippen LogP) is 1.71. The van der Waals surface area contributed by atoms with Gasteiger partial charge in [0, 0.05) is 6.04 Å². The van der Waals surface area contributed by atoms with E-state index in [2.05, 4.69) is 29.6 Å². The van der Waals surface area contributed by atoms with Gasteiger partial charge in [0.25, 0.3) is 0 Å². The molecule has 3 N–H and O–H groups in total. The van der Waals surface area contributed by atoms with Crippen molar-refractivity contribution in [3.8, 4) is 0 Å². The van der Waals surface area contributed by atoms with Crippen LogP contribution in [0.3, 0.4) is 0 Å². The molecule has 80 valence electrons. The summed E-state index contributed by atoms with van der Waals surface area (Å²) in [5.74, 6) is 0. The zero-order valence-electron chi connectivity index (χ0n) is 9.00. The van der Waals surface area contributed by atoms with Gasteiger partial charge in [0.15, 0.2) is 0 Å². The SMILES string of the molecule is N[C@H]1CC2(CCNCC2)c2ccccc21. The number of hydrogen-bond acceptors (Lipinski definition) is 2. The van der Waals surface area contributed by atoms with Gasteiger partial charge in [-0.15, -0.1) is 0 Å². The first-order valence-corrected chi connectivity index (χ1v) is 5.88. The van der Waals surface area contributed by atoms with Crippen LogP contribution in [0.15, 0.2) is 24.3 Å². The summed E-state index contributed by atoms with van der Waals surface area (Å²) in [5, 5.41) is 3.44. The van der Waals surface area contributed by atoms with E-state index >= 15 is 0 Å². The zero-order valence-corrected chi connectivity index (χ0v) is 9.00. The molecular weight excluding hydrogens is 184 g/mol. The first-order chi connectivity index (χ1) is 7.32. The first-order valence-electron chi connectivity index (χ1n) is 5.88. The zero-order chi connectivity index (χ0) is 10.3. The Labute approximate surface area is 90.9 Å². The Balaban J connectivity index is 2.06. The van der Waals surface area contributed by atoms with Gasteiger partial charge in [-0.05, 0) is 48.9 Å². The van der Waals surface area contributed by atoms with Crippen LogP contribution in [-0.4, -0.2) is 13.1 Å². The molecule has 15 heavy (non-hydrogen) atoms. The van der Waals surface area contributed by atoms with Crippen LogP contribution in [0.25, 0.3) is 0 Å². The minimum absolute atomic E-state index is 0.263. The molecule has 2 heteroatoms. The number of piperidine rings is 1. The van der Waals surface area contributed by atoms with Crippen molar-refractivity contribution in [1.29, 1.82) is 0 Å². The quantitative estimate of drug-likeness (QED) is 0.672. The summed E-state index contributed by atoms with van der Waals surface area (Å²) in [4.78, 5) is 0. The Morgan fingerprint density at radius 2 is 1.93 bits per heavy atom. The van der Waals surface area contributed by atoms with Crippen molar-refractivity contribution in [2.45, 2.75) is 30.7 Å². The largest absolute Gasteiger partial charge is 0.324 e. The van der Waals surface area contributed by atoms with Gasteiger partial charge < -0.3 is 11.1 Å². The monoisotopic (exact) mass is 202 g/mol. The van der Waals surface area contributed by atoms with E-state index in [1.807, 2.05) is 0 Å². The maximum absolute atomic E-state index is 6.23. The highest BCUT2D eigenvalue weighted by atomic mass is 14.9. The van der Waals surface area contributed by atoms with Crippen LogP contribution in [0.2, 0.25) is 0 Å². The number of benzene rings is 1. The van der Waals surface area contributed by atoms with E-state index in [4.69, 9.17) is 5.73 Å². The molecule has 1 atom stereocenters. The van der Waals surface area contributed by atoms with Gasteiger partial charge in [-0.1, -0.05) is 24.3 Å². The van der Waals surface area contributed by atoms with Crippen LogP contribution in [0.5, 0.6) is 0 Å². The average Bonchev–Trinajstić information content (AvgIpc) is 2.55. The third-order valence-electron chi connectivity index (χ3n) is 4.10. The lowest BCUT2D eigenvalue weighted by Crippen LogP contribution is -2.38. The summed E-state index contributed by atoms with van der Waals surface area (Å²) in [7, 11) is 0. The summed E-state index contributed by atoms with van der Waals surface area (Å²) in [6, 6.07) is 9.02. The molecule has 1 spiro atoms. The molecule has 0 radical (unpaired) electrons. The molecule has 0 aromatic heterocycles. The number of rotatable bonds is 0. The Kier molecular flexibility index (Phi) is 2.08. The Hall–Kier alpha value is -0.860. The smallest absolute Gasteiger partial charge is 0.0306 e. The number of fused-ring (bicyclic) bond motifs is 2. The van der Waals surface area contributed by atoms with E-state index in [9.17, 15) is 0 Å². The Morgan fingerprint density at radius 1 is 1.20 bits per heavy atom. The fraction of sp³-hybridized carbons (Fsp3) is 0.538. The fourth-order valence-electron chi connectivity index (χ4n) is 3.32. The van der Waals surface area contributed by atoms with Crippen LogP contribution < -0.4 is 11.1 Å². The van der Waals surface area contributed by atoms with E-state index in [1.54, 1.807) is 0 Å². The molecule has 1 aromatic carbocycles. The Bertz CT molecular complexity index is 367. The van der Waals surface area contributed by atoms with Crippen molar-refractivity contribution >= 4 is 0 Å². The molecule has 2 aliphatic rings. The molecule has 0 bridgehead atoms. The maximum Gasteiger partial charge on any atom is 0.0306 e. The van der Waals surface area contributed by atoms with Crippen LogP contribution in [0.4, 0.5) is 0 Å². The number of nitrogens with one attached hydrogen (secondary N) is 1. The second kappa shape index (κ2) is 3.32. The minimum atomic E-state index is 0.263. The highest BCUT2D eigenvalue weighted by molar-refractivity contribution is 5.42. The van der Waals surface area contributed by atoms with Crippen molar-refractivity contribution < 1.29 is 0 Å². The molecule has 1 heterocycles. The van der Waals surface area contributed by atoms with Gasteiger partial charge in [0.1, 0.15) is 0 Å². The van der Waals surface area contributed by atoms with Gasteiger partial charge >= 0.3 is 0 Å². The van der Waals surface area contributed by atoms with Crippen LogP contribution in [0.1, 0.15) is 36.4 Å². The topological polar surface area (TPSA) is 38.0 Å². The maximum atomic E-state index is 6.23. The number of nitrogens with two attached hydrogens (primary N) is 1. The van der Waals surface area contributed by atoms with Crippen LogP contribution in [0, 0.1) is 0 Å². The summed E-state index contributed by atoms with van der Waals surface area (Å²) < 4.78 is 0. The summed E-state index contributed by atoms with van der Waals surface area (Å²) >= 11 is 0. The normalized spacial score (nSPS) is 27.9. The summed E-state index contributed by atoms with van der Waals surface area (Å²) in [6.45, 7) is 2.28. The molecule has 3 rings (SSSR count). The van der Waals surface area contributed by atoms with Gasteiger partial charge in [0.2, 0.25) is 0 Å². The molecule has 1 aromatic rings. The summed E-state index contributed by atoms with van der Waals surface area (Å²) in [5.41, 5.74) is 9.54. The molecule has 0 amide bonds. The lowest BCUT2D eigenvalue weighted by molar-refractivity contribution is 0.294. The number of hydrogen-bond donors (Lipinski definition) is 2. The van der Waals surface area contributed by atoms with Crippen molar-refractivity contribution in [3.05, 3.63) is 35.4 Å². The molecule has 0 saturated carbocycles. The van der Waals surface area contributed by atoms with E-state index in [0.717, 1.165) is 19.5 Å². The van der Waals surface area contributed by atoms with Gasteiger partial charge in [-0.2, -0.15) is 0 Å². The first kappa shape index (κ1) is 9.37. The van der Waals surface area contributed by atoms with Crippen LogP contribution >= 0.6 is 0 Å². The second-order valence-electron chi connectivity index (χ2n) is 4.93. The average molecular weight is 202 g/mol. The standard InChI is InChI=1S/C13H18N2/c14-12-9-13(5-7-15-8-6-13)11-4-2-1-3-10(11)12/h1-4,12,15H,5-9,14H2/t12-/m0/s1. The second-order valence-corrected chi connectivity index (χ2v) is 4.93. The van der Waals surface area contributed by atoms with Crippen molar-refractivity contribution in [2.24, 2.45) is 5.73 Å². The van der Waals surface area contributed by atoms with E-state index in [1.165, 1.54) is 24.0 Å². The third kappa shape index (κ3) is 1.32. The van der Waals surface area contributed by atoms with Crippen molar-refractivity contribution in [1.82, 2.24) is 5.32 Å². The molecule has 0 unspecified atom stereocenters. The molecule has 2 nitrogen and oxygen atoms in total. The van der Waals surface area contributed by atoms with E-state index < -0.39 is 0 Å². The van der Waals surface area contributed by atoms with E-state index in [0.29, 0.717) is 5.41 Å². The third-order valence-corrected chi connectivity index (χ3v) is 4.10. The molecular formula is C13H18N2. The molecule has 1 aliphatic heterocycles. The lowest BCUT2D eigenvalue weighted by atomic mass is 9.74. The van der Waals surface area contributed by atoms with Crippen LogP contribution in [-0.2, 0) is 5.41 Å². The van der Waals surface area contributed by atoms with Crippen molar-refractivity contribution in [2.75, 3.05) is 13.1 Å². The predicted molar refractivity (Wildman–Crippen MR) is 61.8 cm³/mol. The highest BCUT2D eigenvalue weighted by Crippen LogP contribution is 2.48. The van der Waals surface area contributed by atoms with E-state index in [-0.39, 0.29) is 6.04 Å². The fourth-order valence-corrected chi connectivity index (χ4v) is 3.32. The van der Waals surface area contributed by atoms with Gasteiger partial charge in [-0.25, -0.2) is 0 Å². The Morgan fingerprint density at radius 3 is 2.73 bits per heavy atom. The van der Waals surface area contributed by atoms with Gasteiger partial charge in [-0.3, -0.25) is 0 Å². The van der Waals surface area contributed by atoms with Crippen molar-refractivity contribution in [3.63, 3.8) is 0 Å². The van der Waals surface area contributed by atoms with Gasteiger partial charge in [0.05, 0.1) is 0 Å². The molecule has 1 aliphatic carbocycles. The summed E-state index contributed by atoms with van der Waals surface area (Å²) in [6.07, 6.45) is 3.64. The highest BCUT2D eigenvalue weighted by Gasteiger charge is 2.42.